The summed E-state index contributed by atoms with van der Waals surface area (Å²) in [5, 5.41) is 20.0. The van der Waals surface area contributed by atoms with Crippen LogP contribution >= 0.6 is 23.1 Å². The maximum Gasteiger partial charge on any atom is 0.337 e. The Labute approximate surface area is 252 Å². The molecule has 6 rings (SSSR count). The molecule has 4 aromatic rings. The smallest absolute Gasteiger partial charge is 0.337 e. The highest BCUT2D eigenvalue weighted by Crippen LogP contribution is 2.45. The first kappa shape index (κ1) is 28.4. The van der Waals surface area contributed by atoms with E-state index in [9.17, 15) is 23.9 Å². The summed E-state index contributed by atoms with van der Waals surface area (Å²) >= 11 is 2.45. The van der Waals surface area contributed by atoms with Crippen LogP contribution < -0.4 is 14.4 Å². The van der Waals surface area contributed by atoms with E-state index in [0.717, 1.165) is 16.9 Å². The van der Waals surface area contributed by atoms with E-state index in [0.29, 0.717) is 40.4 Å². The molecule has 1 saturated heterocycles. The van der Waals surface area contributed by atoms with Crippen LogP contribution in [0.15, 0.2) is 76.6 Å². The van der Waals surface area contributed by atoms with Gasteiger partial charge in [-0.25, -0.2) is 9.18 Å². The van der Waals surface area contributed by atoms with Crippen molar-refractivity contribution in [2.75, 3.05) is 25.2 Å². The normalized spacial score (nSPS) is 17.3. The van der Waals surface area contributed by atoms with Gasteiger partial charge < -0.3 is 19.3 Å². The summed E-state index contributed by atoms with van der Waals surface area (Å²) in [4.78, 5) is 40.3. The number of aliphatic hydroxyl groups is 1. The Kier molecular flexibility index (Phi) is 7.82. The van der Waals surface area contributed by atoms with E-state index in [1.54, 1.807) is 42.5 Å². The molecular formula is C30H22FN3O7S2. The van der Waals surface area contributed by atoms with Gasteiger partial charge in [-0.2, -0.15) is 0 Å². The zero-order valence-electron chi connectivity index (χ0n) is 22.5. The predicted molar refractivity (Wildman–Crippen MR) is 156 cm³/mol. The minimum atomic E-state index is -1.08. The number of carbonyl (C=O) groups excluding carboxylic acids is 3. The third-order valence-electron chi connectivity index (χ3n) is 6.79. The Bertz CT molecular complexity index is 1760. The number of esters is 1. The number of ether oxygens (including phenoxy) is 3. The summed E-state index contributed by atoms with van der Waals surface area (Å²) in [6.07, 6.45) is 0. The zero-order valence-corrected chi connectivity index (χ0v) is 24.1. The van der Waals surface area contributed by atoms with Crippen LogP contribution in [-0.2, 0) is 20.1 Å². The molecule has 3 heterocycles. The van der Waals surface area contributed by atoms with Crippen molar-refractivity contribution in [3.63, 3.8) is 0 Å². The molecule has 0 saturated carbocycles. The van der Waals surface area contributed by atoms with Crippen LogP contribution in [0.2, 0.25) is 0 Å². The molecule has 3 aromatic carbocycles. The Hall–Kier alpha value is -4.75. The molecule has 43 heavy (non-hydrogen) atoms. The average molecular weight is 620 g/mol. The number of hydrogen-bond donors (Lipinski definition) is 1. The minimum Gasteiger partial charge on any atom is -0.507 e. The molecule has 0 aliphatic carbocycles. The Balaban J connectivity index is 1.39. The lowest BCUT2D eigenvalue weighted by molar-refractivity contribution is -0.132. The van der Waals surface area contributed by atoms with Gasteiger partial charge in [0.2, 0.25) is 5.13 Å². The van der Waals surface area contributed by atoms with Gasteiger partial charge in [-0.05, 0) is 53.6 Å². The Morgan fingerprint density at radius 1 is 1.02 bits per heavy atom. The standard InChI is InChI=1S/C30H22FN3O7S2/c1-39-28(38)18-6-4-17(5-7-18)24-23(25(35)19-8-11-21-22(14-19)41-13-12-40-21)26(36)27(37)34(24)29-32-33-30(43-29)42-15-16-2-9-20(31)10-3-16/h2-11,14,24,35H,12-13,15H2,1H3/t24-/m1/s1. The van der Waals surface area contributed by atoms with Gasteiger partial charge in [0.1, 0.15) is 24.8 Å². The van der Waals surface area contributed by atoms with Gasteiger partial charge in [0, 0.05) is 11.3 Å². The van der Waals surface area contributed by atoms with Crippen LogP contribution in [0.25, 0.3) is 5.76 Å². The van der Waals surface area contributed by atoms with Gasteiger partial charge in [-0.15, -0.1) is 10.2 Å². The highest BCUT2D eigenvalue weighted by molar-refractivity contribution is 8.00. The van der Waals surface area contributed by atoms with Crippen molar-refractivity contribution in [2.24, 2.45) is 0 Å². The molecule has 1 N–H and O–H groups in total. The highest BCUT2D eigenvalue weighted by atomic mass is 32.2. The lowest BCUT2D eigenvalue weighted by Crippen LogP contribution is -2.29. The van der Waals surface area contributed by atoms with E-state index in [1.165, 1.54) is 48.0 Å². The number of amides is 1. The van der Waals surface area contributed by atoms with E-state index < -0.39 is 29.5 Å². The molecule has 10 nitrogen and oxygen atoms in total. The lowest BCUT2D eigenvalue weighted by atomic mass is 9.94. The van der Waals surface area contributed by atoms with Crippen LogP contribution in [0.5, 0.6) is 11.5 Å². The van der Waals surface area contributed by atoms with E-state index in [2.05, 4.69) is 10.2 Å². The first-order chi connectivity index (χ1) is 20.8. The van der Waals surface area contributed by atoms with Crippen molar-refractivity contribution < 1.29 is 38.1 Å². The monoisotopic (exact) mass is 619 g/mol. The zero-order chi connectivity index (χ0) is 30.1. The van der Waals surface area contributed by atoms with Crippen molar-refractivity contribution in [1.82, 2.24) is 10.2 Å². The second-order valence-electron chi connectivity index (χ2n) is 9.41. The summed E-state index contributed by atoms with van der Waals surface area (Å²) in [5.74, 6) is -1.72. The Morgan fingerprint density at radius 3 is 2.44 bits per heavy atom. The molecule has 1 amide bonds. The minimum absolute atomic E-state index is 0.145. The fourth-order valence-corrected chi connectivity index (χ4v) is 6.52. The summed E-state index contributed by atoms with van der Waals surface area (Å²) in [6.45, 7) is 0.712. The molecule has 0 unspecified atom stereocenters. The molecule has 2 aliphatic heterocycles. The van der Waals surface area contributed by atoms with Gasteiger partial charge in [0.05, 0.1) is 24.3 Å². The van der Waals surface area contributed by atoms with Gasteiger partial charge in [0.15, 0.2) is 15.8 Å². The number of carbonyl (C=O) groups is 3. The Morgan fingerprint density at radius 2 is 1.72 bits per heavy atom. The van der Waals surface area contributed by atoms with E-state index in [4.69, 9.17) is 14.2 Å². The largest absolute Gasteiger partial charge is 0.507 e. The molecule has 1 aromatic heterocycles. The number of halogens is 1. The van der Waals surface area contributed by atoms with Crippen LogP contribution in [0.4, 0.5) is 9.52 Å². The highest BCUT2D eigenvalue weighted by Gasteiger charge is 2.48. The SMILES string of the molecule is COC(=O)c1ccc([C@@H]2C(=C(O)c3ccc4c(c3)OCCO4)C(=O)C(=O)N2c2nnc(SCc3ccc(F)cc3)s2)cc1. The fourth-order valence-electron chi connectivity index (χ4n) is 4.69. The number of aromatic nitrogens is 2. The van der Waals surface area contributed by atoms with E-state index in [-0.39, 0.29) is 27.6 Å². The second-order valence-corrected chi connectivity index (χ2v) is 11.6. The number of ketones is 1. The quantitative estimate of drug-likeness (QED) is 0.0741. The van der Waals surface area contributed by atoms with Crippen molar-refractivity contribution in [3.8, 4) is 11.5 Å². The molecular weight excluding hydrogens is 597 g/mol. The number of aliphatic hydroxyl groups excluding tert-OH is 1. The topological polar surface area (TPSA) is 128 Å². The molecule has 13 heteroatoms. The van der Waals surface area contributed by atoms with Crippen molar-refractivity contribution in [1.29, 1.82) is 0 Å². The number of nitrogens with zero attached hydrogens (tertiary/aromatic N) is 3. The number of hydrogen-bond acceptors (Lipinski definition) is 11. The molecule has 0 radical (unpaired) electrons. The van der Waals surface area contributed by atoms with Crippen molar-refractivity contribution in [2.45, 2.75) is 16.1 Å². The fraction of sp³-hybridized carbons (Fsp3) is 0.167. The van der Waals surface area contributed by atoms with E-state index >= 15 is 0 Å². The number of rotatable bonds is 7. The average Bonchev–Trinajstić information content (AvgIpc) is 3.61. The molecule has 0 spiro atoms. The lowest BCUT2D eigenvalue weighted by Gasteiger charge is -2.23. The van der Waals surface area contributed by atoms with Gasteiger partial charge >= 0.3 is 11.9 Å². The van der Waals surface area contributed by atoms with Crippen LogP contribution in [0.3, 0.4) is 0 Å². The molecule has 0 bridgehead atoms. The van der Waals surface area contributed by atoms with E-state index in [1.807, 2.05) is 0 Å². The van der Waals surface area contributed by atoms with Crippen molar-refractivity contribution in [3.05, 3.63) is 100 Å². The summed E-state index contributed by atoms with van der Waals surface area (Å²) in [6, 6.07) is 15.9. The summed E-state index contributed by atoms with van der Waals surface area (Å²) in [5.41, 5.74) is 1.68. The number of fused-ring (bicyclic) bond motifs is 1. The number of benzene rings is 3. The first-order valence-electron chi connectivity index (χ1n) is 12.9. The summed E-state index contributed by atoms with van der Waals surface area (Å²) < 4.78 is 29.8. The predicted octanol–water partition coefficient (Wildman–Crippen LogP) is 5.15. The molecule has 1 atom stereocenters. The molecule has 218 valence electrons. The van der Waals surface area contributed by atoms with Crippen LogP contribution in [0, 0.1) is 5.82 Å². The number of Topliss-reactive ketones (excluding diaryl/α,β-unsaturated/α-hetero) is 1. The number of methoxy groups -OCH3 is 1. The number of anilines is 1. The van der Waals surface area contributed by atoms with Crippen LogP contribution in [-0.4, -0.2) is 53.3 Å². The molecule has 2 aliphatic rings. The van der Waals surface area contributed by atoms with Crippen molar-refractivity contribution >= 4 is 51.6 Å². The third kappa shape index (κ3) is 5.56. The maximum absolute atomic E-state index is 13.5. The first-order valence-corrected chi connectivity index (χ1v) is 14.7. The van der Waals surface area contributed by atoms with Gasteiger partial charge in [0.25, 0.3) is 5.78 Å². The van der Waals surface area contributed by atoms with Gasteiger partial charge in [-0.3, -0.25) is 14.5 Å². The molecule has 1 fully saturated rings. The number of thioether (sulfide) groups is 1. The third-order valence-corrected chi connectivity index (χ3v) is 8.91. The summed E-state index contributed by atoms with van der Waals surface area (Å²) in [7, 11) is 1.26. The van der Waals surface area contributed by atoms with Crippen LogP contribution in [0.1, 0.15) is 33.1 Å². The maximum atomic E-state index is 13.5. The second kappa shape index (κ2) is 11.9. The van der Waals surface area contributed by atoms with Gasteiger partial charge in [-0.1, -0.05) is 47.4 Å².